The zero-order valence-corrected chi connectivity index (χ0v) is 9.85. The van der Waals surface area contributed by atoms with Crippen molar-refractivity contribution < 1.29 is 39.9 Å². The van der Waals surface area contributed by atoms with E-state index in [0.717, 1.165) is 6.07 Å². The Bertz CT molecular complexity index is 667. The summed E-state index contributed by atoms with van der Waals surface area (Å²) in [6.07, 6.45) is -11.7. The maximum Gasteiger partial charge on any atom is 0.407 e. The number of para-hydroxylation sites is 1. The molecule has 2 nitrogen and oxygen atoms in total. The molecule has 0 spiro atoms. The van der Waals surface area contributed by atoms with Gasteiger partial charge in [0.2, 0.25) is 11.7 Å². The van der Waals surface area contributed by atoms with Gasteiger partial charge in [-0.2, -0.15) is 26.3 Å². The molecular weight excluding hydrogens is 309 g/mol. The van der Waals surface area contributed by atoms with E-state index in [1.54, 1.807) is 0 Å². The summed E-state index contributed by atoms with van der Waals surface area (Å²) < 4.78 is 92.4. The van der Waals surface area contributed by atoms with Crippen LogP contribution in [-0.4, -0.2) is 18.1 Å². The van der Waals surface area contributed by atoms with Gasteiger partial charge in [0.15, 0.2) is 17.2 Å². The highest BCUT2D eigenvalue weighted by molar-refractivity contribution is 5.99. The van der Waals surface area contributed by atoms with Gasteiger partial charge >= 0.3 is 12.4 Å². The van der Waals surface area contributed by atoms with E-state index in [9.17, 15) is 35.5 Å². The Morgan fingerprint density at radius 3 is 2.10 bits per heavy atom. The van der Waals surface area contributed by atoms with Gasteiger partial charge in [0, 0.05) is 5.39 Å². The van der Waals surface area contributed by atoms with Crippen molar-refractivity contribution in [3.8, 4) is 0 Å². The molecule has 0 N–H and O–H groups in total. The van der Waals surface area contributed by atoms with Crippen LogP contribution in [0, 0.1) is 11.7 Å². The number of Topliss-reactive ketones (excluding diaryl/α,β-unsaturated/α-hetero) is 1. The highest BCUT2D eigenvalue weighted by Crippen LogP contribution is 2.41. The number of rotatable bonds is 2. The minimum Gasteiger partial charge on any atom is -0.450 e. The van der Waals surface area contributed by atoms with E-state index in [1.165, 1.54) is 12.1 Å². The summed E-state index contributed by atoms with van der Waals surface area (Å²) in [5, 5.41) is -0.110. The van der Waals surface area contributed by atoms with Crippen LogP contribution in [0.2, 0.25) is 0 Å². The average molecular weight is 314 g/mol. The number of carbonyl (C=O) groups excluding carboxylic acids is 1. The van der Waals surface area contributed by atoms with Crippen molar-refractivity contribution in [1.29, 1.82) is 0 Å². The molecule has 0 atom stereocenters. The molecule has 2 rings (SSSR count). The number of furan rings is 1. The van der Waals surface area contributed by atoms with Crippen molar-refractivity contribution in [2.45, 2.75) is 12.4 Å². The predicted octanol–water partition coefficient (Wildman–Crippen LogP) is 4.50. The number of hydrogen-bond acceptors (Lipinski definition) is 2. The van der Waals surface area contributed by atoms with Crippen LogP contribution in [0.1, 0.15) is 10.6 Å². The number of halogens is 7. The summed E-state index contributed by atoms with van der Waals surface area (Å²) in [5.41, 5.74) is -0.580. The van der Waals surface area contributed by atoms with E-state index >= 15 is 0 Å². The van der Waals surface area contributed by atoms with Crippen LogP contribution < -0.4 is 0 Å². The van der Waals surface area contributed by atoms with Gasteiger partial charge in [0.05, 0.1) is 0 Å². The van der Waals surface area contributed by atoms with E-state index in [4.69, 9.17) is 0 Å². The van der Waals surface area contributed by atoms with Gasteiger partial charge < -0.3 is 4.42 Å². The van der Waals surface area contributed by atoms with Gasteiger partial charge in [-0.25, -0.2) is 4.39 Å². The van der Waals surface area contributed by atoms with Crippen LogP contribution >= 0.6 is 0 Å². The van der Waals surface area contributed by atoms with Gasteiger partial charge in [-0.3, -0.25) is 4.79 Å². The SMILES string of the molecule is O=C(c1cc2cccc(F)c2o1)C(C(F)(F)F)C(F)(F)F. The third-order valence-corrected chi connectivity index (χ3v) is 2.66. The van der Waals surface area contributed by atoms with E-state index in [1.807, 2.05) is 0 Å². The number of fused-ring (bicyclic) bond motifs is 1. The Balaban J connectivity index is 2.52. The van der Waals surface area contributed by atoms with Crippen LogP contribution in [0.25, 0.3) is 11.0 Å². The third kappa shape index (κ3) is 2.86. The molecule has 0 saturated carbocycles. The van der Waals surface area contributed by atoms with Crippen molar-refractivity contribution in [3.05, 3.63) is 35.8 Å². The van der Waals surface area contributed by atoms with E-state index in [0.29, 0.717) is 6.07 Å². The van der Waals surface area contributed by atoms with E-state index in [2.05, 4.69) is 4.42 Å². The molecule has 0 bridgehead atoms. The fourth-order valence-electron chi connectivity index (χ4n) is 1.77. The largest absolute Gasteiger partial charge is 0.450 e. The van der Waals surface area contributed by atoms with Gasteiger partial charge in [0.25, 0.3) is 0 Å². The summed E-state index contributed by atoms with van der Waals surface area (Å²) in [6.45, 7) is 0. The van der Waals surface area contributed by atoms with Gasteiger partial charge in [0.1, 0.15) is 0 Å². The van der Waals surface area contributed by atoms with E-state index in [-0.39, 0.29) is 5.39 Å². The van der Waals surface area contributed by atoms with Crippen LogP contribution in [0.15, 0.2) is 28.7 Å². The van der Waals surface area contributed by atoms with Crippen LogP contribution in [0.5, 0.6) is 0 Å². The fourth-order valence-corrected chi connectivity index (χ4v) is 1.77. The molecule has 0 aliphatic heterocycles. The first-order chi connectivity index (χ1) is 9.51. The molecule has 0 radical (unpaired) electrons. The number of hydrogen-bond donors (Lipinski definition) is 0. The minimum atomic E-state index is -5.83. The standard InChI is InChI=1S/C12H5F7O2/c13-6-3-1-2-5-4-7(21-9(5)6)8(20)10(11(14,15)16)12(17,18)19/h1-4,10H. The minimum absolute atomic E-state index is 0.110. The normalized spacial score (nSPS) is 13.1. The van der Waals surface area contributed by atoms with Crippen molar-refractivity contribution in [2.24, 2.45) is 5.92 Å². The lowest BCUT2D eigenvalue weighted by Gasteiger charge is -2.20. The zero-order valence-electron chi connectivity index (χ0n) is 9.85. The summed E-state index contributed by atoms with van der Waals surface area (Å²) in [6, 6.07) is 3.90. The molecule has 1 aromatic heterocycles. The molecule has 0 fully saturated rings. The summed E-state index contributed by atoms with van der Waals surface area (Å²) in [7, 11) is 0. The number of carbonyl (C=O) groups is 1. The Hall–Kier alpha value is -2.06. The molecule has 0 unspecified atom stereocenters. The first-order valence-electron chi connectivity index (χ1n) is 5.37. The molecule has 1 aromatic carbocycles. The topological polar surface area (TPSA) is 30.2 Å². The number of benzene rings is 1. The number of alkyl halides is 6. The zero-order chi connectivity index (χ0) is 16.0. The van der Waals surface area contributed by atoms with Gasteiger partial charge in [-0.05, 0) is 12.1 Å². The Labute approximate surface area is 112 Å². The second-order valence-corrected chi connectivity index (χ2v) is 4.15. The molecule has 2 aromatic rings. The van der Waals surface area contributed by atoms with Crippen LogP contribution in [-0.2, 0) is 0 Å². The third-order valence-electron chi connectivity index (χ3n) is 2.66. The summed E-state index contributed by atoms with van der Waals surface area (Å²) >= 11 is 0. The molecule has 1 heterocycles. The number of ketones is 1. The highest BCUT2D eigenvalue weighted by atomic mass is 19.4. The lowest BCUT2D eigenvalue weighted by Crippen LogP contribution is -2.42. The summed E-state index contributed by atoms with van der Waals surface area (Å²) in [5.74, 6) is -8.73. The predicted molar refractivity (Wildman–Crippen MR) is 56.1 cm³/mol. The van der Waals surface area contributed by atoms with Crippen molar-refractivity contribution in [1.82, 2.24) is 0 Å². The second-order valence-electron chi connectivity index (χ2n) is 4.15. The smallest absolute Gasteiger partial charge is 0.407 e. The summed E-state index contributed by atoms with van der Waals surface area (Å²) in [4.78, 5) is 11.5. The molecule has 21 heavy (non-hydrogen) atoms. The second kappa shape index (κ2) is 4.74. The molecule has 0 saturated heterocycles. The molecule has 0 aliphatic carbocycles. The quantitative estimate of drug-likeness (QED) is 0.604. The van der Waals surface area contributed by atoms with Crippen LogP contribution in [0.4, 0.5) is 30.7 Å². The lowest BCUT2D eigenvalue weighted by atomic mass is 10.0. The highest BCUT2D eigenvalue weighted by Gasteiger charge is 2.61. The van der Waals surface area contributed by atoms with Crippen molar-refractivity contribution >= 4 is 16.8 Å². The Morgan fingerprint density at radius 2 is 1.62 bits per heavy atom. The Morgan fingerprint density at radius 1 is 1.05 bits per heavy atom. The first-order valence-corrected chi connectivity index (χ1v) is 5.37. The lowest BCUT2D eigenvalue weighted by molar-refractivity contribution is -0.265. The van der Waals surface area contributed by atoms with Crippen LogP contribution in [0.3, 0.4) is 0 Å². The maximum absolute atomic E-state index is 13.3. The average Bonchev–Trinajstić information content (AvgIpc) is 2.70. The van der Waals surface area contributed by atoms with Crippen molar-refractivity contribution in [2.75, 3.05) is 0 Å². The molecule has 0 aliphatic rings. The van der Waals surface area contributed by atoms with E-state index < -0.39 is 41.2 Å². The van der Waals surface area contributed by atoms with Crippen molar-refractivity contribution in [3.63, 3.8) is 0 Å². The fraction of sp³-hybridized carbons (Fsp3) is 0.250. The van der Waals surface area contributed by atoms with Gasteiger partial charge in [-0.1, -0.05) is 12.1 Å². The molecule has 114 valence electrons. The molecule has 9 heteroatoms. The maximum atomic E-state index is 13.3. The molecular formula is C12H5F7O2. The Kier molecular flexibility index (Phi) is 3.46. The molecule has 0 amide bonds. The first kappa shape index (κ1) is 15.3. The van der Waals surface area contributed by atoms with Gasteiger partial charge in [-0.15, -0.1) is 0 Å². The monoisotopic (exact) mass is 314 g/mol.